The van der Waals surface area contributed by atoms with Crippen molar-refractivity contribution < 1.29 is 9.59 Å². The van der Waals surface area contributed by atoms with Crippen molar-refractivity contribution in [3.8, 4) is 0 Å². The van der Waals surface area contributed by atoms with Crippen LogP contribution in [-0.2, 0) is 16.0 Å². The van der Waals surface area contributed by atoms with Gasteiger partial charge in [-0.25, -0.2) is 0 Å². The number of carbonyl (C=O) groups excluding carboxylic acids is 2. The summed E-state index contributed by atoms with van der Waals surface area (Å²) in [5.74, 6) is 0.143. The molecule has 0 aromatic heterocycles. The van der Waals surface area contributed by atoms with E-state index in [1.165, 1.54) is 0 Å². The number of hydrogen-bond acceptors (Lipinski definition) is 3. The second-order valence-electron chi connectivity index (χ2n) is 6.24. The van der Waals surface area contributed by atoms with Gasteiger partial charge in [-0.1, -0.05) is 44.2 Å². The molecule has 1 unspecified atom stereocenters. The first-order chi connectivity index (χ1) is 10.9. The molecule has 2 atom stereocenters. The number of benzene rings is 1. The van der Waals surface area contributed by atoms with Gasteiger partial charge in [0, 0.05) is 14.1 Å². The SMILES string of the molecule is CNC(=O)[C@H](CC(C)C)N(C)C(=O)C(Cc1ccccc1)NC. The Morgan fingerprint density at radius 1 is 1.13 bits per heavy atom. The third kappa shape index (κ3) is 5.67. The van der Waals surface area contributed by atoms with Crippen LogP contribution in [0.15, 0.2) is 30.3 Å². The molecule has 2 N–H and O–H groups in total. The topological polar surface area (TPSA) is 61.4 Å². The van der Waals surface area contributed by atoms with E-state index in [2.05, 4.69) is 10.6 Å². The van der Waals surface area contributed by atoms with Crippen LogP contribution in [0.25, 0.3) is 0 Å². The molecule has 0 bridgehead atoms. The molecule has 23 heavy (non-hydrogen) atoms. The Morgan fingerprint density at radius 2 is 1.74 bits per heavy atom. The summed E-state index contributed by atoms with van der Waals surface area (Å²) in [4.78, 5) is 26.5. The molecule has 5 heteroatoms. The van der Waals surface area contributed by atoms with Gasteiger partial charge in [0.05, 0.1) is 6.04 Å². The van der Waals surface area contributed by atoms with Gasteiger partial charge in [0.2, 0.25) is 11.8 Å². The van der Waals surface area contributed by atoms with Gasteiger partial charge in [-0.05, 0) is 31.4 Å². The summed E-state index contributed by atoms with van der Waals surface area (Å²) < 4.78 is 0. The molecule has 0 saturated carbocycles. The largest absolute Gasteiger partial charge is 0.357 e. The smallest absolute Gasteiger partial charge is 0.242 e. The van der Waals surface area contributed by atoms with Crippen LogP contribution in [0.5, 0.6) is 0 Å². The first kappa shape index (κ1) is 19.2. The van der Waals surface area contributed by atoms with Crippen LogP contribution >= 0.6 is 0 Å². The number of rotatable bonds is 8. The van der Waals surface area contributed by atoms with Crippen LogP contribution in [0, 0.1) is 5.92 Å². The Balaban J connectivity index is 2.86. The number of nitrogens with zero attached hydrogens (tertiary/aromatic N) is 1. The third-order valence-electron chi connectivity index (χ3n) is 3.99. The molecule has 0 aliphatic heterocycles. The van der Waals surface area contributed by atoms with Crippen molar-refractivity contribution in [3.05, 3.63) is 35.9 Å². The van der Waals surface area contributed by atoms with Crippen molar-refractivity contribution >= 4 is 11.8 Å². The fourth-order valence-electron chi connectivity index (χ4n) is 2.62. The molecule has 1 aromatic carbocycles. The maximum absolute atomic E-state index is 12.8. The van der Waals surface area contributed by atoms with Crippen LogP contribution < -0.4 is 10.6 Å². The Hall–Kier alpha value is -1.88. The van der Waals surface area contributed by atoms with Crippen LogP contribution in [0.4, 0.5) is 0 Å². The summed E-state index contributed by atoms with van der Waals surface area (Å²) in [6, 6.07) is 9.09. The molecule has 0 fully saturated rings. The normalized spacial score (nSPS) is 13.5. The van der Waals surface area contributed by atoms with E-state index in [0.717, 1.165) is 5.56 Å². The molecular formula is C18H29N3O2. The van der Waals surface area contributed by atoms with Gasteiger partial charge in [0.15, 0.2) is 0 Å². The van der Waals surface area contributed by atoms with Crippen LogP contribution in [0.1, 0.15) is 25.8 Å². The number of amides is 2. The fraction of sp³-hybridized carbons (Fsp3) is 0.556. The first-order valence-electron chi connectivity index (χ1n) is 8.10. The standard InChI is InChI=1S/C18H29N3O2/c1-13(2)11-16(17(22)20-4)21(5)18(23)15(19-3)12-14-9-7-6-8-10-14/h6-10,13,15-16,19H,11-12H2,1-5H3,(H,20,22)/t15?,16-/m0/s1. The van der Waals surface area contributed by atoms with Gasteiger partial charge in [-0.2, -0.15) is 0 Å². The molecule has 0 aliphatic carbocycles. The van der Waals surface area contributed by atoms with Gasteiger partial charge in [-0.3, -0.25) is 9.59 Å². The molecule has 2 amide bonds. The molecule has 0 heterocycles. The molecule has 128 valence electrons. The van der Waals surface area contributed by atoms with Crippen molar-refractivity contribution in [1.29, 1.82) is 0 Å². The number of likely N-dealkylation sites (N-methyl/N-ethyl adjacent to an activating group) is 3. The van der Waals surface area contributed by atoms with Crippen molar-refractivity contribution in [2.45, 2.75) is 38.8 Å². The fourth-order valence-corrected chi connectivity index (χ4v) is 2.62. The Labute approximate surface area is 139 Å². The highest BCUT2D eigenvalue weighted by atomic mass is 16.2. The zero-order chi connectivity index (χ0) is 17.4. The lowest BCUT2D eigenvalue weighted by atomic mass is 9.99. The maximum atomic E-state index is 12.8. The molecule has 5 nitrogen and oxygen atoms in total. The number of nitrogens with one attached hydrogen (secondary N) is 2. The summed E-state index contributed by atoms with van der Waals surface area (Å²) in [7, 11) is 5.09. The number of carbonyl (C=O) groups is 2. The molecule has 1 aromatic rings. The van der Waals surface area contributed by atoms with Gasteiger partial charge < -0.3 is 15.5 Å². The molecule has 1 rings (SSSR count). The van der Waals surface area contributed by atoms with Crippen molar-refractivity contribution in [2.24, 2.45) is 5.92 Å². The average molecular weight is 319 g/mol. The van der Waals surface area contributed by atoms with Crippen LogP contribution in [0.3, 0.4) is 0 Å². The predicted octanol–water partition coefficient (Wildman–Crippen LogP) is 1.44. The van der Waals surface area contributed by atoms with Crippen LogP contribution in [-0.4, -0.2) is 49.9 Å². The average Bonchev–Trinajstić information content (AvgIpc) is 2.56. The van der Waals surface area contributed by atoms with E-state index in [9.17, 15) is 9.59 Å². The second-order valence-corrected chi connectivity index (χ2v) is 6.24. The third-order valence-corrected chi connectivity index (χ3v) is 3.99. The van der Waals surface area contributed by atoms with E-state index in [0.29, 0.717) is 18.8 Å². The molecule has 0 saturated heterocycles. The number of hydrogen-bond donors (Lipinski definition) is 2. The second kappa shape index (κ2) is 9.30. The summed E-state index contributed by atoms with van der Waals surface area (Å²) in [5, 5.41) is 5.73. The van der Waals surface area contributed by atoms with E-state index in [1.54, 1.807) is 26.0 Å². The highest BCUT2D eigenvalue weighted by Gasteiger charge is 2.30. The van der Waals surface area contributed by atoms with Gasteiger partial charge in [0.25, 0.3) is 0 Å². The molecule has 0 spiro atoms. The highest BCUT2D eigenvalue weighted by molar-refractivity contribution is 5.89. The Kier molecular flexibility index (Phi) is 7.75. The van der Waals surface area contributed by atoms with Crippen molar-refractivity contribution in [3.63, 3.8) is 0 Å². The predicted molar refractivity (Wildman–Crippen MR) is 93.1 cm³/mol. The quantitative estimate of drug-likeness (QED) is 0.762. The minimum absolute atomic E-state index is 0.0643. The molecule has 0 radical (unpaired) electrons. The zero-order valence-corrected chi connectivity index (χ0v) is 14.8. The van der Waals surface area contributed by atoms with Crippen molar-refractivity contribution in [1.82, 2.24) is 15.5 Å². The van der Waals surface area contributed by atoms with E-state index in [1.807, 2.05) is 44.2 Å². The minimum atomic E-state index is -0.445. The summed E-state index contributed by atoms with van der Waals surface area (Å²) in [5.41, 5.74) is 1.09. The van der Waals surface area contributed by atoms with Gasteiger partial charge in [0.1, 0.15) is 6.04 Å². The summed E-state index contributed by atoms with van der Waals surface area (Å²) in [6.07, 6.45) is 1.24. The van der Waals surface area contributed by atoms with E-state index < -0.39 is 6.04 Å². The zero-order valence-electron chi connectivity index (χ0n) is 14.8. The lowest BCUT2D eigenvalue weighted by molar-refractivity contribution is -0.140. The minimum Gasteiger partial charge on any atom is -0.357 e. The highest BCUT2D eigenvalue weighted by Crippen LogP contribution is 2.13. The van der Waals surface area contributed by atoms with Gasteiger partial charge >= 0.3 is 0 Å². The van der Waals surface area contributed by atoms with E-state index in [4.69, 9.17) is 0 Å². The summed E-state index contributed by atoms with van der Waals surface area (Å²) >= 11 is 0. The summed E-state index contributed by atoms with van der Waals surface area (Å²) in [6.45, 7) is 4.10. The Morgan fingerprint density at radius 3 is 2.22 bits per heavy atom. The molecule has 0 aliphatic rings. The van der Waals surface area contributed by atoms with Crippen LogP contribution in [0.2, 0.25) is 0 Å². The van der Waals surface area contributed by atoms with E-state index >= 15 is 0 Å². The van der Waals surface area contributed by atoms with E-state index in [-0.39, 0.29) is 17.9 Å². The Bertz CT molecular complexity index is 502. The van der Waals surface area contributed by atoms with Gasteiger partial charge in [-0.15, -0.1) is 0 Å². The first-order valence-corrected chi connectivity index (χ1v) is 8.10. The lowest BCUT2D eigenvalue weighted by Crippen LogP contribution is -2.53. The monoisotopic (exact) mass is 319 g/mol. The maximum Gasteiger partial charge on any atom is 0.242 e. The molecular weight excluding hydrogens is 290 g/mol. The van der Waals surface area contributed by atoms with Crippen molar-refractivity contribution in [2.75, 3.05) is 21.1 Å². The lowest BCUT2D eigenvalue weighted by Gasteiger charge is -2.31.